The number of hydrogen-bond acceptors (Lipinski definition) is 1. The van der Waals surface area contributed by atoms with Gasteiger partial charge in [0.05, 0.1) is 0 Å². The van der Waals surface area contributed by atoms with Crippen LogP contribution in [0.5, 0.6) is 0 Å². The van der Waals surface area contributed by atoms with Crippen molar-refractivity contribution in [3.63, 3.8) is 0 Å². The smallest absolute Gasteiger partial charge is 0.222 e. The highest BCUT2D eigenvalue weighted by Gasteiger charge is 2.28. The standard InChI is InChI=1S/C11H19NO/c1-9-3-2-6-12(8-9)11(13)7-10-4-5-10/h9-10H,2-8H2,1H3. The second-order valence-electron chi connectivity index (χ2n) is 4.73. The van der Waals surface area contributed by atoms with Gasteiger partial charge in [0.2, 0.25) is 5.91 Å². The Hall–Kier alpha value is -0.530. The molecule has 0 aromatic rings. The molecule has 1 aliphatic heterocycles. The normalized spacial score (nSPS) is 29.0. The molecule has 13 heavy (non-hydrogen) atoms. The fourth-order valence-electron chi connectivity index (χ4n) is 2.11. The minimum absolute atomic E-state index is 0.411. The maximum Gasteiger partial charge on any atom is 0.222 e. The van der Waals surface area contributed by atoms with E-state index in [1.807, 2.05) is 0 Å². The first-order valence-electron chi connectivity index (χ1n) is 5.53. The Morgan fingerprint density at radius 3 is 2.77 bits per heavy atom. The molecule has 2 nitrogen and oxygen atoms in total. The van der Waals surface area contributed by atoms with Crippen molar-refractivity contribution in [2.24, 2.45) is 11.8 Å². The maximum atomic E-state index is 11.7. The molecular formula is C11H19NO. The second-order valence-corrected chi connectivity index (χ2v) is 4.73. The monoisotopic (exact) mass is 181 g/mol. The van der Waals surface area contributed by atoms with E-state index in [1.54, 1.807) is 0 Å². The zero-order valence-electron chi connectivity index (χ0n) is 8.46. The van der Waals surface area contributed by atoms with Crippen molar-refractivity contribution in [2.75, 3.05) is 13.1 Å². The Bertz CT molecular complexity index is 198. The maximum absolute atomic E-state index is 11.7. The lowest BCUT2D eigenvalue weighted by Gasteiger charge is -2.31. The molecule has 2 rings (SSSR count). The Morgan fingerprint density at radius 2 is 2.15 bits per heavy atom. The van der Waals surface area contributed by atoms with E-state index in [9.17, 15) is 4.79 Å². The first-order valence-corrected chi connectivity index (χ1v) is 5.53. The Morgan fingerprint density at radius 1 is 1.38 bits per heavy atom. The van der Waals surface area contributed by atoms with Crippen LogP contribution in [0.25, 0.3) is 0 Å². The van der Waals surface area contributed by atoms with E-state index in [0.29, 0.717) is 5.91 Å². The molecule has 2 heteroatoms. The molecule has 2 aliphatic rings. The summed E-state index contributed by atoms with van der Waals surface area (Å²) >= 11 is 0. The molecule has 1 atom stereocenters. The fraction of sp³-hybridized carbons (Fsp3) is 0.909. The van der Waals surface area contributed by atoms with Crippen molar-refractivity contribution in [3.8, 4) is 0 Å². The summed E-state index contributed by atoms with van der Waals surface area (Å²) in [5, 5.41) is 0. The van der Waals surface area contributed by atoms with E-state index in [1.165, 1.54) is 25.7 Å². The summed E-state index contributed by atoms with van der Waals surface area (Å²) in [7, 11) is 0. The molecule has 0 bridgehead atoms. The van der Waals surface area contributed by atoms with Crippen LogP contribution >= 0.6 is 0 Å². The number of rotatable bonds is 2. The van der Waals surface area contributed by atoms with Crippen molar-refractivity contribution in [1.29, 1.82) is 0 Å². The van der Waals surface area contributed by atoms with Gasteiger partial charge >= 0.3 is 0 Å². The number of carbonyl (C=O) groups excluding carboxylic acids is 1. The summed E-state index contributed by atoms with van der Waals surface area (Å²) in [5.74, 6) is 1.87. The van der Waals surface area contributed by atoms with Gasteiger partial charge in [-0.1, -0.05) is 6.92 Å². The van der Waals surface area contributed by atoms with Gasteiger partial charge in [0, 0.05) is 19.5 Å². The summed E-state index contributed by atoms with van der Waals surface area (Å²) in [6, 6.07) is 0. The van der Waals surface area contributed by atoms with Crippen molar-refractivity contribution in [1.82, 2.24) is 4.90 Å². The van der Waals surface area contributed by atoms with Crippen LogP contribution in [0.1, 0.15) is 39.0 Å². The quantitative estimate of drug-likeness (QED) is 0.638. The Kier molecular flexibility index (Phi) is 2.56. The average Bonchev–Trinajstić information content (AvgIpc) is 2.88. The summed E-state index contributed by atoms with van der Waals surface area (Å²) in [6.07, 6.45) is 5.90. The van der Waals surface area contributed by atoms with Crippen LogP contribution in [0.15, 0.2) is 0 Å². The lowest BCUT2D eigenvalue weighted by Crippen LogP contribution is -2.39. The van der Waals surface area contributed by atoms with Crippen molar-refractivity contribution >= 4 is 5.91 Å². The van der Waals surface area contributed by atoms with Gasteiger partial charge in [0.25, 0.3) is 0 Å². The van der Waals surface area contributed by atoms with Gasteiger partial charge in [-0.3, -0.25) is 4.79 Å². The molecule has 0 aromatic carbocycles. The zero-order valence-corrected chi connectivity index (χ0v) is 8.46. The van der Waals surface area contributed by atoms with Crippen LogP contribution in [0.3, 0.4) is 0 Å². The highest BCUT2D eigenvalue weighted by molar-refractivity contribution is 5.76. The lowest BCUT2D eigenvalue weighted by molar-refractivity contribution is -0.133. The second kappa shape index (κ2) is 3.69. The van der Waals surface area contributed by atoms with Crippen LogP contribution < -0.4 is 0 Å². The first kappa shape index (κ1) is 9.04. The third-order valence-electron chi connectivity index (χ3n) is 3.17. The van der Waals surface area contributed by atoms with Crippen LogP contribution in [0.2, 0.25) is 0 Å². The zero-order chi connectivity index (χ0) is 9.26. The topological polar surface area (TPSA) is 20.3 Å². The molecule has 0 aromatic heterocycles. The number of carbonyl (C=O) groups is 1. The minimum Gasteiger partial charge on any atom is -0.342 e. The van der Waals surface area contributed by atoms with E-state index in [4.69, 9.17) is 0 Å². The third kappa shape index (κ3) is 2.45. The predicted octanol–water partition coefficient (Wildman–Crippen LogP) is 2.04. The van der Waals surface area contributed by atoms with Gasteiger partial charge in [-0.25, -0.2) is 0 Å². The average molecular weight is 181 g/mol. The van der Waals surface area contributed by atoms with E-state index in [0.717, 1.165) is 31.3 Å². The molecular weight excluding hydrogens is 162 g/mol. The van der Waals surface area contributed by atoms with Crippen LogP contribution in [0, 0.1) is 11.8 Å². The molecule has 0 N–H and O–H groups in total. The van der Waals surface area contributed by atoms with Crippen molar-refractivity contribution in [3.05, 3.63) is 0 Å². The molecule has 74 valence electrons. The van der Waals surface area contributed by atoms with Crippen LogP contribution in [-0.2, 0) is 4.79 Å². The van der Waals surface area contributed by atoms with E-state index < -0.39 is 0 Å². The van der Waals surface area contributed by atoms with Crippen LogP contribution in [-0.4, -0.2) is 23.9 Å². The van der Waals surface area contributed by atoms with Crippen LogP contribution in [0.4, 0.5) is 0 Å². The highest BCUT2D eigenvalue weighted by Crippen LogP contribution is 2.33. The molecule has 0 spiro atoms. The number of piperidine rings is 1. The lowest BCUT2D eigenvalue weighted by atomic mass is 10.00. The van der Waals surface area contributed by atoms with E-state index >= 15 is 0 Å². The molecule has 1 aliphatic carbocycles. The molecule has 1 saturated heterocycles. The van der Waals surface area contributed by atoms with E-state index in [2.05, 4.69) is 11.8 Å². The van der Waals surface area contributed by atoms with Gasteiger partial charge < -0.3 is 4.90 Å². The van der Waals surface area contributed by atoms with Gasteiger partial charge in [-0.05, 0) is 37.5 Å². The molecule has 1 amide bonds. The predicted molar refractivity (Wildman–Crippen MR) is 52.3 cm³/mol. The first-order chi connectivity index (χ1) is 6.25. The van der Waals surface area contributed by atoms with Gasteiger partial charge in [0.15, 0.2) is 0 Å². The Balaban J connectivity index is 1.80. The number of hydrogen-bond donors (Lipinski definition) is 0. The SMILES string of the molecule is CC1CCCN(C(=O)CC2CC2)C1. The summed E-state index contributed by atoms with van der Waals surface area (Å²) in [5.41, 5.74) is 0. The number of nitrogens with zero attached hydrogens (tertiary/aromatic N) is 1. The molecule has 2 fully saturated rings. The van der Waals surface area contributed by atoms with Gasteiger partial charge in [0.1, 0.15) is 0 Å². The van der Waals surface area contributed by atoms with Gasteiger partial charge in [-0.15, -0.1) is 0 Å². The van der Waals surface area contributed by atoms with E-state index in [-0.39, 0.29) is 0 Å². The number of amides is 1. The van der Waals surface area contributed by atoms with Crippen molar-refractivity contribution < 1.29 is 4.79 Å². The van der Waals surface area contributed by atoms with Crippen molar-refractivity contribution in [2.45, 2.75) is 39.0 Å². The summed E-state index contributed by atoms with van der Waals surface area (Å²) in [4.78, 5) is 13.8. The summed E-state index contributed by atoms with van der Waals surface area (Å²) in [6.45, 7) is 4.26. The van der Waals surface area contributed by atoms with Gasteiger partial charge in [-0.2, -0.15) is 0 Å². The molecule has 0 radical (unpaired) electrons. The summed E-state index contributed by atoms with van der Waals surface area (Å²) < 4.78 is 0. The Labute approximate surface area is 80.3 Å². The highest BCUT2D eigenvalue weighted by atomic mass is 16.2. The third-order valence-corrected chi connectivity index (χ3v) is 3.17. The largest absolute Gasteiger partial charge is 0.342 e. The fourth-order valence-corrected chi connectivity index (χ4v) is 2.11. The molecule has 1 unspecified atom stereocenters. The number of likely N-dealkylation sites (tertiary alicyclic amines) is 1. The molecule has 1 heterocycles. The minimum atomic E-state index is 0.411. The molecule has 1 saturated carbocycles.